The van der Waals surface area contributed by atoms with Crippen molar-refractivity contribution in [1.82, 2.24) is 20.2 Å². The number of anilines is 2. The van der Waals surface area contributed by atoms with Gasteiger partial charge in [-0.1, -0.05) is 6.92 Å². The van der Waals surface area contributed by atoms with E-state index < -0.39 is 5.91 Å². The van der Waals surface area contributed by atoms with Crippen LogP contribution in [0.3, 0.4) is 0 Å². The summed E-state index contributed by atoms with van der Waals surface area (Å²) < 4.78 is 1.49. The van der Waals surface area contributed by atoms with Crippen molar-refractivity contribution in [3.05, 3.63) is 30.1 Å². The summed E-state index contributed by atoms with van der Waals surface area (Å²) >= 11 is 0. The van der Waals surface area contributed by atoms with Crippen LogP contribution >= 0.6 is 0 Å². The van der Waals surface area contributed by atoms with Gasteiger partial charge in [-0.15, -0.1) is 5.10 Å². The normalized spacial score (nSPS) is 17.1. The van der Waals surface area contributed by atoms with E-state index in [1.165, 1.54) is 17.4 Å². The van der Waals surface area contributed by atoms with Gasteiger partial charge in [-0.3, -0.25) is 9.59 Å². The average Bonchev–Trinajstić information content (AvgIpc) is 3.13. The molecule has 26 heavy (non-hydrogen) atoms. The van der Waals surface area contributed by atoms with Crippen molar-refractivity contribution < 1.29 is 9.59 Å². The summed E-state index contributed by atoms with van der Waals surface area (Å²) in [6.07, 6.45) is 3.98. The van der Waals surface area contributed by atoms with Gasteiger partial charge in [0, 0.05) is 25.1 Å². The first kappa shape index (κ1) is 17.8. The molecular weight excluding hydrogens is 334 g/mol. The second-order valence-electron chi connectivity index (χ2n) is 6.66. The highest BCUT2D eigenvalue weighted by Gasteiger charge is 2.20. The molecule has 1 aliphatic heterocycles. The number of hydrogen-bond acceptors (Lipinski definition) is 6. The van der Waals surface area contributed by atoms with Gasteiger partial charge >= 0.3 is 0 Å². The Morgan fingerprint density at radius 2 is 2.23 bits per heavy atom. The van der Waals surface area contributed by atoms with Crippen LogP contribution in [-0.2, 0) is 11.3 Å². The molecule has 1 aromatic carbocycles. The van der Waals surface area contributed by atoms with Crippen LogP contribution in [0, 0.1) is 5.92 Å². The molecule has 3 rings (SSSR count). The Balaban J connectivity index is 1.76. The fourth-order valence-corrected chi connectivity index (χ4v) is 3.18. The van der Waals surface area contributed by atoms with Crippen LogP contribution in [0.4, 0.5) is 11.4 Å². The monoisotopic (exact) mass is 357 g/mol. The molecule has 2 aromatic rings. The second kappa shape index (κ2) is 7.94. The molecule has 0 spiro atoms. The summed E-state index contributed by atoms with van der Waals surface area (Å²) in [5.41, 5.74) is 7.29. The van der Waals surface area contributed by atoms with Crippen LogP contribution in [0.1, 0.15) is 36.5 Å². The number of aromatic nitrogens is 4. The number of aryl methyl sites for hydroxylation is 1. The zero-order chi connectivity index (χ0) is 18.5. The number of nitrogens with one attached hydrogen (secondary N) is 1. The van der Waals surface area contributed by atoms with E-state index in [1.807, 2.05) is 6.07 Å². The Bertz CT molecular complexity index is 775. The minimum atomic E-state index is -0.521. The number of tetrazole rings is 1. The van der Waals surface area contributed by atoms with E-state index in [0.29, 0.717) is 23.7 Å². The molecule has 0 unspecified atom stereocenters. The number of primary amides is 1. The van der Waals surface area contributed by atoms with Gasteiger partial charge in [-0.05, 0) is 47.4 Å². The number of rotatable bonds is 6. The first-order valence-electron chi connectivity index (χ1n) is 8.72. The zero-order valence-electron chi connectivity index (χ0n) is 14.8. The molecule has 1 fully saturated rings. The fraction of sp³-hybridized carbons (Fsp3) is 0.471. The van der Waals surface area contributed by atoms with Crippen LogP contribution in [0.15, 0.2) is 24.5 Å². The predicted octanol–water partition coefficient (Wildman–Crippen LogP) is 1.04. The molecule has 9 heteroatoms. The zero-order valence-corrected chi connectivity index (χ0v) is 14.8. The first-order valence-corrected chi connectivity index (χ1v) is 8.72. The Hall–Kier alpha value is -2.97. The quantitative estimate of drug-likeness (QED) is 0.797. The highest BCUT2D eigenvalue weighted by Crippen LogP contribution is 2.31. The Labute approximate surface area is 151 Å². The van der Waals surface area contributed by atoms with Gasteiger partial charge in [-0.2, -0.15) is 0 Å². The van der Waals surface area contributed by atoms with Crippen LogP contribution in [0.25, 0.3) is 0 Å². The average molecular weight is 357 g/mol. The SMILES string of the molecule is C[C@H]1CCCN(c2ccc(C(N)=O)cc2NC(=O)CCn2cnnn2)C1. The van der Waals surface area contributed by atoms with Crippen molar-refractivity contribution in [3.8, 4) is 0 Å². The summed E-state index contributed by atoms with van der Waals surface area (Å²) in [5, 5.41) is 13.7. The summed E-state index contributed by atoms with van der Waals surface area (Å²) in [5.74, 6) is -0.107. The van der Waals surface area contributed by atoms with Gasteiger partial charge in [-0.25, -0.2) is 4.68 Å². The summed E-state index contributed by atoms with van der Waals surface area (Å²) in [7, 11) is 0. The molecule has 138 valence electrons. The number of piperidine rings is 1. The van der Waals surface area contributed by atoms with Crippen LogP contribution in [-0.4, -0.2) is 45.1 Å². The number of carbonyl (C=O) groups excluding carboxylic acids is 2. The Morgan fingerprint density at radius 3 is 2.92 bits per heavy atom. The maximum absolute atomic E-state index is 12.4. The fourth-order valence-electron chi connectivity index (χ4n) is 3.18. The lowest BCUT2D eigenvalue weighted by Gasteiger charge is -2.34. The van der Waals surface area contributed by atoms with Gasteiger partial charge in [0.05, 0.1) is 17.9 Å². The summed E-state index contributed by atoms with van der Waals surface area (Å²) in [6, 6.07) is 5.20. The summed E-state index contributed by atoms with van der Waals surface area (Å²) in [6.45, 7) is 4.44. The van der Waals surface area contributed by atoms with Crippen molar-refractivity contribution in [2.24, 2.45) is 11.7 Å². The largest absolute Gasteiger partial charge is 0.370 e. The smallest absolute Gasteiger partial charge is 0.248 e. The number of nitrogens with zero attached hydrogens (tertiary/aromatic N) is 5. The molecule has 9 nitrogen and oxygen atoms in total. The van der Waals surface area contributed by atoms with Gasteiger partial charge in [0.25, 0.3) is 0 Å². The van der Waals surface area contributed by atoms with Crippen molar-refractivity contribution in [2.75, 3.05) is 23.3 Å². The first-order chi connectivity index (χ1) is 12.5. The van der Waals surface area contributed by atoms with Crippen LogP contribution in [0.5, 0.6) is 0 Å². The maximum atomic E-state index is 12.4. The van der Waals surface area contributed by atoms with E-state index >= 15 is 0 Å². The number of nitrogens with two attached hydrogens (primary N) is 1. The lowest BCUT2D eigenvalue weighted by Crippen LogP contribution is -2.35. The third-order valence-corrected chi connectivity index (χ3v) is 4.51. The third kappa shape index (κ3) is 4.35. The van der Waals surface area contributed by atoms with Gasteiger partial charge in [0.2, 0.25) is 11.8 Å². The number of hydrogen-bond donors (Lipinski definition) is 2. The molecule has 1 atom stereocenters. The van der Waals surface area contributed by atoms with Crippen molar-refractivity contribution in [3.63, 3.8) is 0 Å². The Morgan fingerprint density at radius 1 is 1.38 bits per heavy atom. The minimum Gasteiger partial charge on any atom is -0.370 e. The van der Waals surface area contributed by atoms with Gasteiger partial charge < -0.3 is 16.0 Å². The lowest BCUT2D eigenvalue weighted by atomic mass is 9.99. The molecule has 0 saturated carbocycles. The van der Waals surface area contributed by atoms with Crippen molar-refractivity contribution in [2.45, 2.75) is 32.7 Å². The molecule has 3 N–H and O–H groups in total. The van der Waals surface area contributed by atoms with E-state index in [4.69, 9.17) is 5.73 Å². The maximum Gasteiger partial charge on any atom is 0.248 e. The molecule has 0 radical (unpaired) electrons. The van der Waals surface area contributed by atoms with E-state index in [9.17, 15) is 9.59 Å². The highest BCUT2D eigenvalue weighted by molar-refractivity contribution is 5.99. The van der Waals surface area contributed by atoms with Gasteiger partial charge in [0.15, 0.2) is 0 Å². The topological polar surface area (TPSA) is 119 Å². The van der Waals surface area contributed by atoms with E-state index in [2.05, 4.69) is 32.7 Å². The lowest BCUT2D eigenvalue weighted by molar-refractivity contribution is -0.116. The molecule has 1 aliphatic rings. The molecule has 1 saturated heterocycles. The molecule has 0 bridgehead atoms. The standard InChI is InChI=1S/C17H23N7O2/c1-12-3-2-7-23(10-12)15-5-4-13(17(18)26)9-14(15)20-16(25)6-8-24-11-19-21-22-24/h4-5,9,11-12H,2-3,6-8,10H2,1H3,(H2,18,26)(H,20,25)/t12-/m0/s1. The van der Waals surface area contributed by atoms with E-state index in [1.54, 1.807) is 12.1 Å². The van der Waals surface area contributed by atoms with Crippen LogP contribution in [0.2, 0.25) is 0 Å². The molecule has 1 aromatic heterocycles. The van der Waals surface area contributed by atoms with Crippen LogP contribution < -0.4 is 16.0 Å². The van der Waals surface area contributed by atoms with E-state index in [-0.39, 0.29) is 12.3 Å². The Kier molecular flexibility index (Phi) is 5.45. The molecule has 0 aliphatic carbocycles. The van der Waals surface area contributed by atoms with Crippen molar-refractivity contribution in [1.29, 1.82) is 0 Å². The highest BCUT2D eigenvalue weighted by atomic mass is 16.2. The number of carbonyl (C=O) groups is 2. The molecular formula is C17H23N7O2. The van der Waals surface area contributed by atoms with Gasteiger partial charge in [0.1, 0.15) is 6.33 Å². The third-order valence-electron chi connectivity index (χ3n) is 4.51. The molecule has 2 heterocycles. The second-order valence-corrected chi connectivity index (χ2v) is 6.66. The minimum absolute atomic E-state index is 0.173. The summed E-state index contributed by atoms with van der Waals surface area (Å²) in [4.78, 5) is 26.1. The predicted molar refractivity (Wildman–Crippen MR) is 96.6 cm³/mol. The number of benzene rings is 1. The van der Waals surface area contributed by atoms with Crippen molar-refractivity contribution >= 4 is 23.2 Å². The van der Waals surface area contributed by atoms with E-state index in [0.717, 1.165) is 25.2 Å². The number of amides is 2. The molecule has 2 amide bonds.